The predicted molar refractivity (Wildman–Crippen MR) is 141 cm³/mol. The highest BCUT2D eigenvalue weighted by Gasteiger charge is 2.31. The van der Waals surface area contributed by atoms with Gasteiger partial charge in [0.15, 0.2) is 0 Å². The Morgan fingerprint density at radius 1 is 0.829 bits per heavy atom. The number of amides is 4. The predicted octanol–water partition coefficient (Wildman–Crippen LogP) is -2.10. The van der Waals surface area contributed by atoms with Gasteiger partial charge in [0.2, 0.25) is 23.6 Å². The van der Waals surface area contributed by atoms with Crippen LogP contribution in [0.4, 0.5) is 0 Å². The maximum absolute atomic E-state index is 13.4. The van der Waals surface area contributed by atoms with Crippen molar-refractivity contribution in [2.45, 2.75) is 62.7 Å². The number of phenolic OH excluding ortho intramolecular Hbond substituents is 1. The van der Waals surface area contributed by atoms with Crippen LogP contribution < -0.4 is 27.4 Å². The molecule has 0 bridgehead atoms. The SMILES string of the molecule is NC(=O)CCC(N)C(=O)NC(Cc1ccc(O)cc1)C(=O)NC(Cc1cnc[nH]1)C(=O)NC(CCC(=O)O)C(=O)O. The smallest absolute Gasteiger partial charge is 0.326 e. The number of hydrogen-bond donors (Lipinski definition) is 9. The van der Waals surface area contributed by atoms with E-state index in [4.69, 9.17) is 16.6 Å². The van der Waals surface area contributed by atoms with Gasteiger partial charge >= 0.3 is 11.9 Å². The molecular weight excluding hydrogens is 542 g/mol. The second-order valence-electron chi connectivity index (χ2n) is 9.22. The molecule has 41 heavy (non-hydrogen) atoms. The average molecular weight is 576 g/mol. The molecule has 4 atom stereocenters. The van der Waals surface area contributed by atoms with Crippen molar-refractivity contribution in [1.29, 1.82) is 0 Å². The highest BCUT2D eigenvalue weighted by atomic mass is 16.4. The van der Waals surface area contributed by atoms with E-state index in [-0.39, 0.29) is 31.4 Å². The minimum absolute atomic E-state index is 0.0283. The summed E-state index contributed by atoms with van der Waals surface area (Å²) in [5, 5.41) is 35.1. The summed E-state index contributed by atoms with van der Waals surface area (Å²) in [6, 6.07) is 0.420. The first-order valence-corrected chi connectivity index (χ1v) is 12.5. The van der Waals surface area contributed by atoms with Gasteiger partial charge in [0, 0.05) is 37.6 Å². The Bertz CT molecular complexity index is 1220. The maximum Gasteiger partial charge on any atom is 0.326 e. The molecule has 1 aromatic heterocycles. The molecule has 0 saturated heterocycles. The Labute approximate surface area is 233 Å². The number of hydrogen-bond acceptors (Lipinski definition) is 9. The first kappa shape index (κ1) is 32.2. The summed E-state index contributed by atoms with van der Waals surface area (Å²) in [7, 11) is 0. The number of nitrogens with one attached hydrogen (secondary N) is 4. The van der Waals surface area contributed by atoms with Crippen molar-refractivity contribution in [2.24, 2.45) is 11.5 Å². The highest BCUT2D eigenvalue weighted by Crippen LogP contribution is 2.12. The highest BCUT2D eigenvalue weighted by molar-refractivity contribution is 5.94. The lowest BCUT2D eigenvalue weighted by atomic mass is 10.0. The molecule has 0 spiro atoms. The van der Waals surface area contributed by atoms with Crippen LogP contribution in [0.3, 0.4) is 0 Å². The molecule has 0 fully saturated rings. The molecule has 2 aromatic rings. The first-order valence-electron chi connectivity index (χ1n) is 12.5. The Morgan fingerprint density at radius 2 is 1.41 bits per heavy atom. The molecule has 0 aliphatic rings. The van der Waals surface area contributed by atoms with E-state index in [1.54, 1.807) is 0 Å². The quantitative estimate of drug-likeness (QED) is 0.0984. The number of nitrogens with two attached hydrogens (primary N) is 2. The summed E-state index contributed by atoms with van der Waals surface area (Å²) in [4.78, 5) is 79.5. The summed E-state index contributed by atoms with van der Waals surface area (Å²) in [5.41, 5.74) is 11.9. The topological polar surface area (TPSA) is 280 Å². The van der Waals surface area contributed by atoms with Gasteiger partial charge in [0.05, 0.1) is 12.4 Å². The second kappa shape index (κ2) is 15.6. The van der Waals surface area contributed by atoms with E-state index in [9.17, 15) is 39.0 Å². The molecule has 11 N–H and O–H groups in total. The van der Waals surface area contributed by atoms with E-state index in [2.05, 4.69) is 25.9 Å². The van der Waals surface area contributed by atoms with Crippen molar-refractivity contribution in [3.63, 3.8) is 0 Å². The number of carbonyl (C=O) groups excluding carboxylic acids is 4. The molecule has 2 rings (SSSR count). The number of imidazole rings is 1. The van der Waals surface area contributed by atoms with Gasteiger partial charge in [0.1, 0.15) is 23.9 Å². The Morgan fingerprint density at radius 3 is 1.95 bits per heavy atom. The first-order chi connectivity index (χ1) is 19.3. The molecule has 0 aliphatic heterocycles. The summed E-state index contributed by atoms with van der Waals surface area (Å²) in [5.74, 6) is -5.92. The molecule has 1 heterocycles. The van der Waals surface area contributed by atoms with Gasteiger partial charge in [-0.15, -0.1) is 0 Å². The molecule has 0 saturated carbocycles. The normalized spacial score (nSPS) is 13.7. The summed E-state index contributed by atoms with van der Waals surface area (Å²) in [6.45, 7) is 0. The fraction of sp³-hybridized carbons (Fsp3) is 0.400. The number of aromatic hydroxyl groups is 1. The molecule has 222 valence electrons. The van der Waals surface area contributed by atoms with Crippen LogP contribution in [0.15, 0.2) is 36.8 Å². The van der Waals surface area contributed by atoms with Crippen LogP contribution in [0.5, 0.6) is 5.75 Å². The molecule has 0 aliphatic carbocycles. The number of carboxylic acid groups (broad SMARTS) is 2. The number of phenols is 1. The van der Waals surface area contributed by atoms with Crippen molar-refractivity contribution >= 4 is 35.6 Å². The number of aliphatic carboxylic acids is 2. The zero-order valence-electron chi connectivity index (χ0n) is 21.9. The molecule has 16 nitrogen and oxygen atoms in total. The third-order valence-corrected chi connectivity index (χ3v) is 5.92. The van der Waals surface area contributed by atoms with Gasteiger partial charge in [0.25, 0.3) is 0 Å². The molecule has 1 aromatic carbocycles. The maximum atomic E-state index is 13.4. The molecule has 16 heteroatoms. The van der Waals surface area contributed by atoms with Crippen LogP contribution >= 0.6 is 0 Å². The van der Waals surface area contributed by atoms with E-state index in [0.29, 0.717) is 11.3 Å². The molecule has 4 amide bonds. The lowest BCUT2D eigenvalue weighted by molar-refractivity contribution is -0.143. The van der Waals surface area contributed by atoms with Crippen LogP contribution in [0, 0.1) is 0 Å². The largest absolute Gasteiger partial charge is 0.508 e. The van der Waals surface area contributed by atoms with E-state index < -0.39 is 72.6 Å². The van der Waals surface area contributed by atoms with E-state index >= 15 is 0 Å². The van der Waals surface area contributed by atoms with E-state index in [1.807, 2.05) is 0 Å². The number of benzene rings is 1. The summed E-state index contributed by atoms with van der Waals surface area (Å²) >= 11 is 0. The molecular formula is C25H33N7O9. The Hall–Kier alpha value is -4.99. The van der Waals surface area contributed by atoms with Gasteiger partial charge in [-0.25, -0.2) is 9.78 Å². The van der Waals surface area contributed by atoms with E-state index in [0.717, 1.165) is 0 Å². The molecule has 0 radical (unpaired) electrons. The number of aromatic amines is 1. The Kier molecular flexibility index (Phi) is 12.2. The van der Waals surface area contributed by atoms with Crippen LogP contribution in [0.2, 0.25) is 0 Å². The number of nitrogens with zero attached hydrogens (tertiary/aromatic N) is 1. The van der Waals surface area contributed by atoms with Crippen molar-refractivity contribution in [1.82, 2.24) is 25.9 Å². The molecule has 4 unspecified atom stereocenters. The van der Waals surface area contributed by atoms with Crippen LogP contribution in [0.25, 0.3) is 0 Å². The van der Waals surface area contributed by atoms with Crippen LogP contribution in [-0.2, 0) is 41.6 Å². The minimum atomic E-state index is -1.55. The van der Waals surface area contributed by atoms with Crippen molar-refractivity contribution in [2.75, 3.05) is 0 Å². The van der Waals surface area contributed by atoms with Gasteiger partial charge in [-0.3, -0.25) is 24.0 Å². The third-order valence-electron chi connectivity index (χ3n) is 5.92. The average Bonchev–Trinajstić information content (AvgIpc) is 3.42. The van der Waals surface area contributed by atoms with Crippen LogP contribution in [0.1, 0.15) is 36.9 Å². The zero-order valence-corrected chi connectivity index (χ0v) is 21.9. The summed E-state index contributed by atoms with van der Waals surface area (Å²) < 4.78 is 0. The minimum Gasteiger partial charge on any atom is -0.508 e. The lowest BCUT2D eigenvalue weighted by Gasteiger charge is -2.25. The number of H-pyrrole nitrogens is 1. The van der Waals surface area contributed by atoms with Gasteiger partial charge in [-0.2, -0.15) is 0 Å². The number of primary amides is 1. The Balaban J connectivity index is 2.27. The standard InChI is InChI=1S/C25H33N7O9/c26-16(5-7-20(27)34)22(37)31-18(9-13-1-3-15(33)4-2-13)23(38)32-19(10-14-11-28-12-29-14)24(39)30-17(25(40)41)6-8-21(35)36/h1-4,11-12,16-19,33H,5-10,26H2,(H2,27,34)(H,28,29)(H,30,39)(H,31,37)(H,32,38)(H,35,36)(H,40,41). The number of carboxylic acids is 2. The van der Waals surface area contributed by atoms with Crippen molar-refractivity contribution < 1.29 is 44.1 Å². The lowest BCUT2D eigenvalue weighted by Crippen LogP contribution is -2.58. The van der Waals surface area contributed by atoms with Gasteiger partial charge < -0.3 is 47.7 Å². The third kappa shape index (κ3) is 11.3. The van der Waals surface area contributed by atoms with Crippen LogP contribution in [-0.4, -0.2) is 85.0 Å². The zero-order chi connectivity index (χ0) is 30.5. The number of aromatic nitrogens is 2. The van der Waals surface area contributed by atoms with Gasteiger partial charge in [-0.05, 0) is 30.5 Å². The summed E-state index contributed by atoms with van der Waals surface area (Å²) in [6.07, 6.45) is 1.32. The van der Waals surface area contributed by atoms with Crippen molar-refractivity contribution in [3.05, 3.63) is 48.0 Å². The number of carbonyl (C=O) groups is 6. The van der Waals surface area contributed by atoms with E-state index in [1.165, 1.54) is 36.8 Å². The number of rotatable bonds is 17. The van der Waals surface area contributed by atoms with Gasteiger partial charge in [-0.1, -0.05) is 12.1 Å². The second-order valence-corrected chi connectivity index (χ2v) is 9.22. The van der Waals surface area contributed by atoms with Crippen molar-refractivity contribution in [3.8, 4) is 5.75 Å². The fourth-order valence-corrected chi connectivity index (χ4v) is 3.68. The fourth-order valence-electron chi connectivity index (χ4n) is 3.68. The monoisotopic (exact) mass is 575 g/mol.